The highest BCUT2D eigenvalue weighted by Gasteiger charge is 2.45. The fourth-order valence-corrected chi connectivity index (χ4v) is 8.24. The van der Waals surface area contributed by atoms with Gasteiger partial charge in [0.2, 0.25) is 0 Å². The number of nitrogens with zero attached hydrogens (tertiary/aromatic N) is 1. The summed E-state index contributed by atoms with van der Waals surface area (Å²) in [6.45, 7) is 0. The van der Waals surface area contributed by atoms with Crippen LogP contribution in [0.5, 0.6) is 0 Å². The third kappa shape index (κ3) is 3.99. The molecule has 0 aromatic heterocycles. The molecule has 0 saturated heterocycles. The number of hydrogen-bond donors (Lipinski definition) is 1. The second-order valence-electron chi connectivity index (χ2n) is 7.27. The van der Waals surface area contributed by atoms with Gasteiger partial charge in [0.1, 0.15) is 29.2 Å². The molecule has 0 bridgehead atoms. The van der Waals surface area contributed by atoms with Gasteiger partial charge < -0.3 is 5.11 Å². The third-order valence-electron chi connectivity index (χ3n) is 5.45. The van der Waals surface area contributed by atoms with Crippen molar-refractivity contribution in [3.63, 3.8) is 0 Å². The first kappa shape index (κ1) is 20.5. The first-order valence-corrected chi connectivity index (χ1v) is 11.9. The number of nitriles is 1. The van der Waals surface area contributed by atoms with Crippen LogP contribution in [-0.2, 0) is 6.16 Å². The summed E-state index contributed by atoms with van der Waals surface area (Å²) < 4.78 is 0. The average molecular weight is 422 g/mol. The van der Waals surface area contributed by atoms with Gasteiger partial charge in [0, 0.05) is 0 Å². The zero-order valence-electron chi connectivity index (χ0n) is 16.8. The highest BCUT2D eigenvalue weighted by atomic mass is 31.2. The minimum atomic E-state index is -2.12. The van der Waals surface area contributed by atoms with Crippen molar-refractivity contribution in [2.24, 2.45) is 0 Å². The topological polar surface area (TPSA) is 61.1 Å². The number of hydrogen-bond acceptors (Lipinski definition) is 2. The van der Waals surface area contributed by atoms with E-state index in [1.54, 1.807) is 12.1 Å². The van der Waals surface area contributed by atoms with Crippen molar-refractivity contribution in [3.05, 3.63) is 126 Å². The molecule has 0 aliphatic carbocycles. The fourth-order valence-electron chi connectivity index (χ4n) is 4.01. The molecule has 0 amide bonds. The van der Waals surface area contributed by atoms with Gasteiger partial charge in [0.05, 0.1) is 17.3 Å². The van der Waals surface area contributed by atoms with Crippen LogP contribution in [0.1, 0.15) is 21.5 Å². The molecule has 0 atom stereocenters. The minimum absolute atomic E-state index is 0.0484. The average Bonchev–Trinajstić information content (AvgIpc) is 2.84. The van der Waals surface area contributed by atoms with Crippen LogP contribution in [0.15, 0.2) is 109 Å². The van der Waals surface area contributed by atoms with Gasteiger partial charge in [0.25, 0.3) is 0 Å². The number of carbonyl (C=O) groups is 1. The Balaban J connectivity index is 1.99. The predicted molar refractivity (Wildman–Crippen MR) is 127 cm³/mol. The summed E-state index contributed by atoms with van der Waals surface area (Å²) in [6, 6.07) is 38.5. The van der Waals surface area contributed by atoms with Crippen molar-refractivity contribution in [2.75, 3.05) is 0 Å². The Morgan fingerprint density at radius 1 is 0.742 bits per heavy atom. The van der Waals surface area contributed by atoms with Crippen LogP contribution in [0.2, 0.25) is 0 Å². The van der Waals surface area contributed by atoms with Gasteiger partial charge in [-0.05, 0) is 54.1 Å². The largest absolute Gasteiger partial charge is 0.478 e. The number of aromatic carboxylic acids is 1. The maximum atomic E-state index is 11.8. The second-order valence-corrected chi connectivity index (χ2v) is 10.8. The molecule has 0 aliphatic heterocycles. The second kappa shape index (κ2) is 8.96. The van der Waals surface area contributed by atoms with E-state index in [2.05, 4.69) is 72.8 Å². The smallest absolute Gasteiger partial charge is 0.337 e. The van der Waals surface area contributed by atoms with Crippen LogP contribution >= 0.6 is 7.26 Å². The monoisotopic (exact) mass is 422 g/mol. The Labute approximate surface area is 182 Å². The number of rotatable bonds is 6. The van der Waals surface area contributed by atoms with Crippen LogP contribution in [0.4, 0.5) is 0 Å². The maximum absolute atomic E-state index is 11.8. The van der Waals surface area contributed by atoms with E-state index >= 15 is 0 Å². The Kier molecular flexibility index (Phi) is 5.94. The molecule has 4 aromatic carbocycles. The molecule has 0 radical (unpaired) electrons. The fraction of sp³-hybridized carbons (Fsp3) is 0.0370. The molecule has 4 aromatic rings. The van der Waals surface area contributed by atoms with E-state index < -0.39 is 13.2 Å². The summed E-state index contributed by atoms with van der Waals surface area (Å²) in [5.74, 6) is -1.08. The molecule has 4 heteroatoms. The van der Waals surface area contributed by atoms with Gasteiger partial charge >= 0.3 is 5.97 Å². The molecule has 0 aliphatic rings. The Bertz CT molecular complexity index is 1140. The summed E-state index contributed by atoms with van der Waals surface area (Å²) in [7, 11) is -2.12. The number of benzene rings is 4. The molecule has 0 unspecified atom stereocenters. The van der Waals surface area contributed by atoms with Crippen molar-refractivity contribution in [1.29, 1.82) is 5.26 Å². The Morgan fingerprint density at radius 2 is 1.19 bits per heavy atom. The molecule has 0 saturated carbocycles. The van der Waals surface area contributed by atoms with Gasteiger partial charge in [0.15, 0.2) is 0 Å². The van der Waals surface area contributed by atoms with Gasteiger partial charge in [-0.15, -0.1) is 0 Å². The summed E-state index contributed by atoms with van der Waals surface area (Å²) in [6.07, 6.45) is 0.664. The minimum Gasteiger partial charge on any atom is -0.478 e. The first-order valence-electron chi connectivity index (χ1n) is 9.96. The van der Waals surface area contributed by atoms with E-state index in [-0.39, 0.29) is 11.1 Å². The quantitative estimate of drug-likeness (QED) is 0.456. The highest BCUT2D eigenvalue weighted by molar-refractivity contribution is 7.95. The lowest BCUT2D eigenvalue weighted by atomic mass is 10.1. The van der Waals surface area contributed by atoms with Crippen molar-refractivity contribution in [3.8, 4) is 6.07 Å². The number of carboxylic acid groups (broad SMARTS) is 1. The van der Waals surface area contributed by atoms with E-state index in [9.17, 15) is 15.2 Å². The van der Waals surface area contributed by atoms with Crippen LogP contribution in [-0.4, -0.2) is 11.1 Å². The zero-order valence-corrected chi connectivity index (χ0v) is 17.7. The predicted octanol–water partition coefficient (Wildman–Crippen LogP) is 4.75. The standard InChI is InChI=1S/C27H20NO2P/c28-19-22-17-16-21(18-26(22)27(29)30)20-31(23-10-4-1-5-11-23,24-12-6-2-7-13-24)25-14-8-3-9-15-25/h1-18H,20H2/p+1. The summed E-state index contributed by atoms with van der Waals surface area (Å²) in [5, 5.41) is 22.6. The van der Waals surface area contributed by atoms with E-state index in [1.165, 1.54) is 15.9 Å². The first-order chi connectivity index (χ1) is 15.1. The molecule has 1 N–H and O–H groups in total. The zero-order chi connectivity index (χ0) is 21.7. The lowest BCUT2D eigenvalue weighted by Gasteiger charge is -2.28. The molecule has 0 heterocycles. The number of carboxylic acids is 1. The van der Waals surface area contributed by atoms with E-state index in [4.69, 9.17) is 0 Å². The molecular formula is C27H21NO2P+. The molecule has 4 rings (SSSR count). The van der Waals surface area contributed by atoms with Crippen LogP contribution in [0.3, 0.4) is 0 Å². The Hall–Kier alpha value is -3.73. The normalized spacial score (nSPS) is 10.9. The summed E-state index contributed by atoms with van der Waals surface area (Å²) in [5.41, 5.74) is 1.13. The highest BCUT2D eigenvalue weighted by Crippen LogP contribution is 2.58. The van der Waals surface area contributed by atoms with Gasteiger partial charge in [-0.2, -0.15) is 5.26 Å². The maximum Gasteiger partial charge on any atom is 0.337 e. The van der Waals surface area contributed by atoms with Crippen molar-refractivity contribution >= 4 is 29.1 Å². The van der Waals surface area contributed by atoms with Crippen LogP contribution in [0, 0.1) is 11.3 Å². The molecule has 31 heavy (non-hydrogen) atoms. The molecular weight excluding hydrogens is 401 g/mol. The van der Waals surface area contributed by atoms with Crippen molar-refractivity contribution in [2.45, 2.75) is 6.16 Å². The Morgan fingerprint density at radius 3 is 1.58 bits per heavy atom. The van der Waals surface area contributed by atoms with Gasteiger partial charge in [-0.1, -0.05) is 60.7 Å². The SMILES string of the molecule is N#Cc1ccc(C[P+](c2ccccc2)(c2ccccc2)c2ccccc2)cc1C(=O)O. The van der Waals surface area contributed by atoms with E-state index in [0.717, 1.165) is 5.56 Å². The van der Waals surface area contributed by atoms with Gasteiger partial charge in [-0.3, -0.25) is 0 Å². The van der Waals surface area contributed by atoms with E-state index in [1.807, 2.05) is 30.3 Å². The summed E-state index contributed by atoms with van der Waals surface area (Å²) in [4.78, 5) is 11.8. The lowest BCUT2D eigenvalue weighted by molar-refractivity contribution is 0.0696. The van der Waals surface area contributed by atoms with Crippen molar-refractivity contribution < 1.29 is 9.90 Å². The molecule has 3 nitrogen and oxygen atoms in total. The molecule has 0 fully saturated rings. The third-order valence-corrected chi connectivity index (χ3v) is 9.82. The van der Waals surface area contributed by atoms with E-state index in [0.29, 0.717) is 6.16 Å². The van der Waals surface area contributed by atoms with Gasteiger partial charge in [-0.25, -0.2) is 4.79 Å². The lowest BCUT2D eigenvalue weighted by Crippen LogP contribution is -2.32. The molecule has 0 spiro atoms. The van der Waals surface area contributed by atoms with Crippen molar-refractivity contribution in [1.82, 2.24) is 0 Å². The molecule has 150 valence electrons. The summed E-state index contributed by atoms with van der Waals surface area (Å²) >= 11 is 0. The van der Waals surface area contributed by atoms with Crippen LogP contribution < -0.4 is 15.9 Å². The van der Waals surface area contributed by atoms with Crippen LogP contribution in [0.25, 0.3) is 0 Å².